The number of hydrogen-bond donors (Lipinski definition) is 1. The van der Waals surface area contributed by atoms with Crippen molar-refractivity contribution < 1.29 is 9.31 Å². The molecule has 1 N–H and O–H groups in total. The van der Waals surface area contributed by atoms with Crippen LogP contribution < -0.4 is 5.32 Å². The minimum atomic E-state index is -0.703. The lowest BCUT2D eigenvalue weighted by molar-refractivity contribution is -0.387. The Labute approximate surface area is 117 Å². The molecule has 0 aliphatic carbocycles. The van der Waals surface area contributed by atoms with Gasteiger partial charge in [-0.05, 0) is 26.4 Å². The van der Waals surface area contributed by atoms with E-state index < -0.39 is 16.4 Å². The van der Waals surface area contributed by atoms with Crippen LogP contribution in [0.15, 0.2) is 18.2 Å². The van der Waals surface area contributed by atoms with Crippen LogP contribution in [0.3, 0.4) is 0 Å². The summed E-state index contributed by atoms with van der Waals surface area (Å²) in [7, 11) is 1.90. The van der Waals surface area contributed by atoms with Gasteiger partial charge in [-0.15, -0.1) is 0 Å². The highest BCUT2D eigenvalue weighted by atomic mass is 19.1. The van der Waals surface area contributed by atoms with E-state index in [2.05, 4.69) is 10.2 Å². The molecule has 1 aliphatic rings. The Morgan fingerprint density at radius 2 is 2.30 bits per heavy atom. The molecule has 5 nitrogen and oxygen atoms in total. The minimum Gasteiger partial charge on any atom is -0.318 e. The van der Waals surface area contributed by atoms with Gasteiger partial charge in [-0.1, -0.05) is 18.6 Å². The first-order valence-electron chi connectivity index (χ1n) is 6.94. The van der Waals surface area contributed by atoms with Gasteiger partial charge in [0.25, 0.3) is 0 Å². The van der Waals surface area contributed by atoms with Gasteiger partial charge in [-0.25, -0.2) is 0 Å². The summed E-state index contributed by atoms with van der Waals surface area (Å²) in [5.41, 5.74) is -0.0353. The predicted octanol–water partition coefficient (Wildman–Crippen LogP) is 2.31. The van der Waals surface area contributed by atoms with Crippen LogP contribution in [0.5, 0.6) is 0 Å². The van der Waals surface area contributed by atoms with E-state index in [1.807, 2.05) is 7.05 Å². The molecule has 1 fully saturated rings. The summed E-state index contributed by atoms with van der Waals surface area (Å²) in [4.78, 5) is 12.3. The number of rotatable bonds is 5. The number of nitro benzene ring substituents is 1. The molecule has 1 aromatic carbocycles. The molecule has 2 rings (SSSR count). The van der Waals surface area contributed by atoms with Crippen molar-refractivity contribution in [3.63, 3.8) is 0 Å². The van der Waals surface area contributed by atoms with E-state index in [1.54, 1.807) is 12.1 Å². The second kappa shape index (κ2) is 6.76. The van der Waals surface area contributed by atoms with Crippen molar-refractivity contribution in [3.8, 4) is 0 Å². The Hall–Kier alpha value is -1.53. The number of nitrogens with zero attached hydrogens (tertiary/aromatic N) is 2. The normalized spacial score (nSPS) is 20.0. The molecule has 0 bridgehead atoms. The van der Waals surface area contributed by atoms with Gasteiger partial charge < -0.3 is 5.32 Å². The standard InChI is InChI=1S/C14H20FN3O2/c1-16-9-12-6-2-3-8-17(12)10-11-5-4-7-13(14(11)15)18(19)20/h4-5,7,12,16H,2-3,6,8-10H2,1H3. The maximum atomic E-state index is 14.1. The van der Waals surface area contributed by atoms with Crippen LogP contribution in [0.1, 0.15) is 24.8 Å². The molecule has 1 atom stereocenters. The molecule has 1 saturated heterocycles. The van der Waals surface area contributed by atoms with Gasteiger partial charge in [-0.2, -0.15) is 4.39 Å². The Morgan fingerprint density at radius 1 is 1.50 bits per heavy atom. The Balaban J connectivity index is 2.16. The zero-order valence-corrected chi connectivity index (χ0v) is 11.6. The van der Waals surface area contributed by atoms with Crippen LogP contribution in [0.25, 0.3) is 0 Å². The summed E-state index contributed by atoms with van der Waals surface area (Å²) < 4.78 is 14.1. The van der Waals surface area contributed by atoms with E-state index in [1.165, 1.54) is 12.5 Å². The van der Waals surface area contributed by atoms with Crippen LogP contribution in [0.2, 0.25) is 0 Å². The number of benzene rings is 1. The van der Waals surface area contributed by atoms with E-state index in [0.29, 0.717) is 18.2 Å². The SMILES string of the molecule is CNCC1CCCCN1Cc1cccc([N+](=O)[O-])c1F. The molecular formula is C14H20FN3O2. The van der Waals surface area contributed by atoms with Crippen molar-refractivity contribution in [3.05, 3.63) is 39.7 Å². The summed E-state index contributed by atoms with van der Waals surface area (Å²) in [6.45, 7) is 2.20. The van der Waals surface area contributed by atoms with Crippen LogP contribution in [-0.4, -0.2) is 36.0 Å². The second-order valence-electron chi connectivity index (χ2n) is 5.19. The molecule has 20 heavy (non-hydrogen) atoms. The van der Waals surface area contributed by atoms with Gasteiger partial charge in [0.05, 0.1) is 4.92 Å². The third-order valence-electron chi connectivity index (χ3n) is 3.82. The third-order valence-corrected chi connectivity index (χ3v) is 3.82. The smallest absolute Gasteiger partial charge is 0.305 e. The van der Waals surface area contributed by atoms with Gasteiger partial charge in [0.1, 0.15) is 0 Å². The lowest BCUT2D eigenvalue weighted by Crippen LogP contribution is -2.44. The highest BCUT2D eigenvalue weighted by molar-refractivity contribution is 5.36. The number of likely N-dealkylation sites (tertiary alicyclic amines) is 1. The fourth-order valence-corrected chi connectivity index (χ4v) is 2.78. The number of nitro groups is 1. The van der Waals surface area contributed by atoms with Crippen molar-refractivity contribution in [1.29, 1.82) is 0 Å². The average Bonchev–Trinajstić information content (AvgIpc) is 2.43. The van der Waals surface area contributed by atoms with Gasteiger partial charge in [0, 0.05) is 30.8 Å². The van der Waals surface area contributed by atoms with Gasteiger partial charge in [0.15, 0.2) is 0 Å². The molecule has 1 aliphatic heterocycles. The van der Waals surface area contributed by atoms with E-state index in [4.69, 9.17) is 0 Å². The summed E-state index contributed by atoms with van der Waals surface area (Å²) in [6.07, 6.45) is 3.36. The summed E-state index contributed by atoms with van der Waals surface area (Å²) >= 11 is 0. The Morgan fingerprint density at radius 3 is 3.00 bits per heavy atom. The Bertz CT molecular complexity index is 479. The molecule has 1 heterocycles. The number of hydrogen-bond acceptors (Lipinski definition) is 4. The molecule has 0 spiro atoms. The van der Waals surface area contributed by atoms with Crippen LogP contribution in [0.4, 0.5) is 10.1 Å². The fourth-order valence-electron chi connectivity index (χ4n) is 2.78. The van der Waals surface area contributed by atoms with Crippen molar-refractivity contribution in [2.24, 2.45) is 0 Å². The summed E-state index contributed by atoms with van der Waals surface area (Å²) in [6, 6.07) is 4.76. The number of nitrogens with one attached hydrogen (secondary N) is 1. The number of halogens is 1. The molecule has 6 heteroatoms. The van der Waals surface area contributed by atoms with Crippen molar-refractivity contribution in [2.75, 3.05) is 20.1 Å². The molecule has 1 unspecified atom stereocenters. The van der Waals surface area contributed by atoms with Crippen LogP contribution >= 0.6 is 0 Å². The van der Waals surface area contributed by atoms with E-state index in [0.717, 1.165) is 25.9 Å². The van der Waals surface area contributed by atoms with Gasteiger partial charge in [0.2, 0.25) is 5.82 Å². The van der Waals surface area contributed by atoms with Gasteiger partial charge >= 0.3 is 5.69 Å². The largest absolute Gasteiger partial charge is 0.318 e. The lowest BCUT2D eigenvalue weighted by atomic mass is 10.0. The first-order chi connectivity index (χ1) is 9.63. The molecule has 0 saturated carbocycles. The van der Waals surface area contributed by atoms with Crippen LogP contribution in [-0.2, 0) is 6.54 Å². The fraction of sp³-hybridized carbons (Fsp3) is 0.571. The molecule has 0 amide bonds. The zero-order valence-electron chi connectivity index (χ0n) is 11.6. The topological polar surface area (TPSA) is 58.4 Å². The van der Waals surface area contributed by atoms with Crippen molar-refractivity contribution >= 4 is 5.69 Å². The third kappa shape index (κ3) is 3.32. The molecular weight excluding hydrogens is 261 g/mol. The van der Waals surface area contributed by atoms with E-state index in [9.17, 15) is 14.5 Å². The molecule has 1 aromatic rings. The first-order valence-corrected chi connectivity index (χ1v) is 6.94. The zero-order chi connectivity index (χ0) is 14.5. The Kier molecular flexibility index (Phi) is 5.03. The second-order valence-corrected chi connectivity index (χ2v) is 5.19. The minimum absolute atomic E-state index is 0.368. The highest BCUT2D eigenvalue weighted by Crippen LogP contribution is 2.24. The quantitative estimate of drug-likeness (QED) is 0.664. The van der Waals surface area contributed by atoms with Crippen molar-refractivity contribution in [2.45, 2.75) is 31.8 Å². The monoisotopic (exact) mass is 281 g/mol. The van der Waals surface area contributed by atoms with E-state index >= 15 is 0 Å². The van der Waals surface area contributed by atoms with Crippen LogP contribution in [0, 0.1) is 15.9 Å². The molecule has 0 radical (unpaired) electrons. The maximum Gasteiger partial charge on any atom is 0.305 e. The number of piperidine rings is 1. The van der Waals surface area contributed by atoms with Crippen molar-refractivity contribution in [1.82, 2.24) is 10.2 Å². The maximum absolute atomic E-state index is 14.1. The predicted molar refractivity (Wildman–Crippen MR) is 75.0 cm³/mol. The lowest BCUT2D eigenvalue weighted by Gasteiger charge is -2.35. The molecule has 110 valence electrons. The van der Waals surface area contributed by atoms with Gasteiger partial charge in [-0.3, -0.25) is 15.0 Å². The number of likely N-dealkylation sites (N-methyl/N-ethyl adjacent to an activating group) is 1. The van der Waals surface area contributed by atoms with E-state index in [-0.39, 0.29) is 0 Å². The summed E-state index contributed by atoms with van der Waals surface area (Å²) in [5.74, 6) is -0.703. The average molecular weight is 281 g/mol. The molecule has 0 aromatic heterocycles. The first kappa shape index (κ1) is 14.9. The summed E-state index contributed by atoms with van der Waals surface area (Å²) in [5, 5.41) is 13.9. The highest BCUT2D eigenvalue weighted by Gasteiger charge is 2.24.